The zero-order valence-corrected chi connectivity index (χ0v) is 16.5. The highest BCUT2D eigenvalue weighted by Crippen LogP contribution is 2.19. The van der Waals surface area contributed by atoms with E-state index in [1.165, 1.54) is 6.07 Å². The fourth-order valence-electron chi connectivity index (χ4n) is 2.62. The molecule has 0 bridgehead atoms. The predicted octanol–water partition coefficient (Wildman–Crippen LogP) is 3.41. The zero-order valence-electron chi connectivity index (χ0n) is 14.9. The van der Waals surface area contributed by atoms with Crippen LogP contribution < -0.4 is 15.7 Å². The van der Waals surface area contributed by atoms with E-state index in [1.807, 2.05) is 0 Å². The molecule has 8 nitrogen and oxygen atoms in total. The lowest BCUT2D eigenvalue weighted by Gasteiger charge is -2.07. The number of carbonyl (C=O) groups is 1. The van der Waals surface area contributed by atoms with Crippen molar-refractivity contribution in [2.75, 3.05) is 13.2 Å². The number of furan rings is 1. The number of aromatic nitrogens is 2. The molecule has 4 aromatic rings. The van der Waals surface area contributed by atoms with Crippen molar-refractivity contribution in [1.29, 1.82) is 0 Å². The third-order valence-electron chi connectivity index (χ3n) is 3.99. The maximum absolute atomic E-state index is 12.3. The molecular formula is C20H14BrN3O5. The van der Waals surface area contributed by atoms with E-state index < -0.39 is 11.5 Å². The van der Waals surface area contributed by atoms with E-state index in [9.17, 15) is 9.59 Å². The van der Waals surface area contributed by atoms with Crippen LogP contribution in [0.15, 0.2) is 72.9 Å². The molecule has 4 rings (SSSR count). The number of rotatable bonds is 6. The minimum atomic E-state index is -0.697. The second kappa shape index (κ2) is 8.27. The van der Waals surface area contributed by atoms with Crippen LogP contribution in [0.4, 0.5) is 0 Å². The molecular weight excluding hydrogens is 442 g/mol. The average Bonchev–Trinajstić information content (AvgIpc) is 3.26. The highest BCUT2D eigenvalue weighted by molar-refractivity contribution is 9.10. The maximum atomic E-state index is 12.3. The first-order chi connectivity index (χ1) is 14.1. The summed E-state index contributed by atoms with van der Waals surface area (Å²) in [4.78, 5) is 24.4. The fraction of sp³-hybridized carbons (Fsp3) is 0.100. The molecule has 0 unspecified atom stereocenters. The summed E-state index contributed by atoms with van der Waals surface area (Å²) >= 11 is 3.35. The molecule has 0 saturated heterocycles. The van der Waals surface area contributed by atoms with Gasteiger partial charge in [0.15, 0.2) is 5.76 Å². The molecule has 1 N–H and O–H groups in total. The molecule has 0 saturated carbocycles. The molecule has 0 radical (unpaired) electrons. The van der Waals surface area contributed by atoms with Gasteiger partial charge in [0.25, 0.3) is 5.91 Å². The topological polar surface area (TPSA) is 107 Å². The van der Waals surface area contributed by atoms with Gasteiger partial charge in [-0.1, -0.05) is 15.9 Å². The number of fused-ring (bicyclic) bond motifs is 1. The predicted molar refractivity (Wildman–Crippen MR) is 108 cm³/mol. The van der Waals surface area contributed by atoms with Gasteiger partial charge in [0.2, 0.25) is 5.88 Å². The highest BCUT2D eigenvalue weighted by Gasteiger charge is 2.13. The first kappa shape index (κ1) is 18.9. The smallest absolute Gasteiger partial charge is 0.349 e. The summed E-state index contributed by atoms with van der Waals surface area (Å²) in [5.74, 6) is 0.380. The largest absolute Gasteiger partial charge is 0.475 e. The molecule has 3 aromatic heterocycles. The van der Waals surface area contributed by atoms with Crippen LogP contribution in [-0.2, 0) is 0 Å². The van der Waals surface area contributed by atoms with Crippen LogP contribution in [0.1, 0.15) is 10.4 Å². The summed E-state index contributed by atoms with van der Waals surface area (Å²) in [6, 6.07) is 13.6. The quantitative estimate of drug-likeness (QED) is 0.350. The summed E-state index contributed by atoms with van der Waals surface area (Å²) in [5.41, 5.74) is 0.232. The van der Waals surface area contributed by atoms with Gasteiger partial charge in [-0.05, 0) is 42.5 Å². The SMILES string of the molecule is O=C(NCCOc1ccc(-c2ccco2)nn1)c1cc2cc(Br)ccc2oc1=O. The Balaban J connectivity index is 1.34. The number of nitrogens with one attached hydrogen (secondary N) is 1. The Morgan fingerprint density at radius 2 is 2.03 bits per heavy atom. The third-order valence-corrected chi connectivity index (χ3v) is 4.48. The Morgan fingerprint density at radius 3 is 2.79 bits per heavy atom. The lowest BCUT2D eigenvalue weighted by Crippen LogP contribution is -2.31. The third kappa shape index (κ3) is 4.35. The maximum Gasteiger partial charge on any atom is 0.349 e. The van der Waals surface area contributed by atoms with Crippen LogP contribution in [0.3, 0.4) is 0 Å². The number of nitrogens with zero attached hydrogens (tertiary/aromatic N) is 2. The van der Waals surface area contributed by atoms with Gasteiger partial charge in [0.05, 0.1) is 12.8 Å². The van der Waals surface area contributed by atoms with E-state index in [-0.39, 0.29) is 18.7 Å². The van der Waals surface area contributed by atoms with Crippen LogP contribution in [0.5, 0.6) is 5.88 Å². The minimum Gasteiger partial charge on any atom is -0.475 e. The van der Waals surface area contributed by atoms with Gasteiger partial charge >= 0.3 is 5.63 Å². The summed E-state index contributed by atoms with van der Waals surface area (Å²) < 4.78 is 16.7. The molecule has 0 spiro atoms. The molecule has 29 heavy (non-hydrogen) atoms. The van der Waals surface area contributed by atoms with Gasteiger partial charge in [-0.2, -0.15) is 0 Å². The molecule has 0 aliphatic heterocycles. The Labute approximate surface area is 172 Å². The first-order valence-electron chi connectivity index (χ1n) is 8.62. The van der Waals surface area contributed by atoms with Crippen molar-refractivity contribution in [3.05, 3.63) is 75.3 Å². The lowest BCUT2D eigenvalue weighted by molar-refractivity contribution is 0.0943. The van der Waals surface area contributed by atoms with Crippen molar-refractivity contribution in [1.82, 2.24) is 15.5 Å². The van der Waals surface area contributed by atoms with E-state index in [4.69, 9.17) is 13.6 Å². The summed E-state index contributed by atoms with van der Waals surface area (Å²) in [6.45, 7) is 0.335. The number of benzene rings is 1. The van der Waals surface area contributed by atoms with E-state index in [2.05, 4.69) is 31.4 Å². The molecule has 1 aromatic carbocycles. The van der Waals surface area contributed by atoms with Crippen molar-refractivity contribution >= 4 is 32.8 Å². The number of hydrogen-bond donors (Lipinski definition) is 1. The lowest BCUT2D eigenvalue weighted by atomic mass is 10.2. The number of hydrogen-bond acceptors (Lipinski definition) is 7. The molecule has 0 atom stereocenters. The van der Waals surface area contributed by atoms with Crippen LogP contribution in [0.25, 0.3) is 22.4 Å². The van der Waals surface area contributed by atoms with Gasteiger partial charge in [-0.3, -0.25) is 4.79 Å². The second-order valence-electron chi connectivity index (χ2n) is 5.97. The van der Waals surface area contributed by atoms with E-state index in [0.29, 0.717) is 28.3 Å². The number of carbonyl (C=O) groups excluding carboxylic acids is 1. The standard InChI is InChI=1S/C20H14BrN3O5/c21-13-3-5-16-12(10-13)11-14(20(26)29-16)19(25)22-7-9-28-18-6-4-15(23-24-18)17-2-1-8-27-17/h1-6,8,10-11H,7,9H2,(H,22,25). The van der Waals surface area contributed by atoms with E-state index in [1.54, 1.807) is 48.7 Å². The first-order valence-corrected chi connectivity index (χ1v) is 9.41. The van der Waals surface area contributed by atoms with Crippen LogP contribution in [0.2, 0.25) is 0 Å². The van der Waals surface area contributed by atoms with Crippen LogP contribution >= 0.6 is 15.9 Å². The Bertz CT molecular complexity index is 1200. The molecule has 146 valence electrons. The zero-order chi connectivity index (χ0) is 20.2. The Kier molecular flexibility index (Phi) is 5.39. The Hall–Kier alpha value is -3.46. The number of ether oxygens (including phenoxy) is 1. The average molecular weight is 456 g/mol. The number of amides is 1. The van der Waals surface area contributed by atoms with Gasteiger partial charge in [-0.25, -0.2) is 4.79 Å². The monoisotopic (exact) mass is 455 g/mol. The van der Waals surface area contributed by atoms with Gasteiger partial charge < -0.3 is 18.9 Å². The Morgan fingerprint density at radius 1 is 1.14 bits per heavy atom. The fourth-order valence-corrected chi connectivity index (χ4v) is 3.00. The van der Waals surface area contributed by atoms with E-state index >= 15 is 0 Å². The highest BCUT2D eigenvalue weighted by atomic mass is 79.9. The number of halogens is 1. The minimum absolute atomic E-state index is 0.0711. The second-order valence-corrected chi connectivity index (χ2v) is 6.88. The molecule has 3 heterocycles. The summed E-state index contributed by atoms with van der Waals surface area (Å²) in [6.07, 6.45) is 1.55. The van der Waals surface area contributed by atoms with Crippen LogP contribution in [-0.4, -0.2) is 29.3 Å². The summed E-state index contributed by atoms with van der Waals surface area (Å²) in [7, 11) is 0. The van der Waals surface area contributed by atoms with Crippen LogP contribution in [0, 0.1) is 0 Å². The molecule has 9 heteroatoms. The molecule has 0 aliphatic rings. The van der Waals surface area contributed by atoms with Gasteiger partial charge in [0.1, 0.15) is 23.4 Å². The molecule has 0 fully saturated rings. The molecule has 1 amide bonds. The van der Waals surface area contributed by atoms with Crippen molar-refractivity contribution in [3.8, 4) is 17.3 Å². The van der Waals surface area contributed by atoms with Gasteiger partial charge in [0, 0.05) is 15.9 Å². The van der Waals surface area contributed by atoms with Gasteiger partial charge in [-0.15, -0.1) is 10.2 Å². The van der Waals surface area contributed by atoms with Crippen molar-refractivity contribution in [3.63, 3.8) is 0 Å². The van der Waals surface area contributed by atoms with E-state index in [0.717, 1.165) is 4.47 Å². The van der Waals surface area contributed by atoms with Crippen molar-refractivity contribution in [2.45, 2.75) is 0 Å². The van der Waals surface area contributed by atoms with Crippen molar-refractivity contribution < 1.29 is 18.4 Å². The normalized spacial score (nSPS) is 10.8. The summed E-state index contributed by atoms with van der Waals surface area (Å²) in [5, 5.41) is 11.2. The van der Waals surface area contributed by atoms with Crippen molar-refractivity contribution in [2.24, 2.45) is 0 Å². The molecule has 0 aliphatic carbocycles.